The SMILES string of the molecule is Cc1nc(CNC(=O)C2COC2)sc1-c1cccc(-c2ccc(C(=O)O)c(O)c2)c1. The molecule has 7 nitrogen and oxygen atoms in total. The molecule has 4 rings (SSSR count). The van der Waals surface area contributed by atoms with Gasteiger partial charge in [0.2, 0.25) is 5.91 Å². The van der Waals surface area contributed by atoms with Crippen molar-refractivity contribution in [1.29, 1.82) is 0 Å². The average Bonchev–Trinajstić information content (AvgIpc) is 3.05. The van der Waals surface area contributed by atoms with Crippen molar-refractivity contribution in [3.63, 3.8) is 0 Å². The molecule has 0 aliphatic carbocycles. The zero-order chi connectivity index (χ0) is 21.3. The molecule has 0 bridgehead atoms. The van der Waals surface area contributed by atoms with Crippen molar-refractivity contribution in [1.82, 2.24) is 10.3 Å². The van der Waals surface area contributed by atoms with Gasteiger partial charge in [0.1, 0.15) is 16.3 Å². The highest BCUT2D eigenvalue weighted by atomic mass is 32.1. The standard InChI is InChI=1S/C22H20N2O5S/c1-12-20(30-19(24-12)9-23-21(26)16-10-29-11-16)15-4-2-3-13(7-15)14-5-6-17(22(27)28)18(25)8-14/h2-8,16,25H,9-11H2,1H3,(H,23,26)(H,27,28). The van der Waals surface area contributed by atoms with Crippen LogP contribution in [0.1, 0.15) is 21.1 Å². The van der Waals surface area contributed by atoms with E-state index >= 15 is 0 Å². The fraction of sp³-hybridized carbons (Fsp3) is 0.227. The Bertz CT molecular complexity index is 1120. The summed E-state index contributed by atoms with van der Waals surface area (Å²) in [6.45, 7) is 3.26. The number of amides is 1. The fourth-order valence-electron chi connectivity index (χ4n) is 3.22. The molecular formula is C22H20N2O5S. The summed E-state index contributed by atoms with van der Waals surface area (Å²) < 4.78 is 5.04. The van der Waals surface area contributed by atoms with Crippen LogP contribution in [0.25, 0.3) is 21.6 Å². The summed E-state index contributed by atoms with van der Waals surface area (Å²) in [5, 5.41) is 22.8. The van der Waals surface area contributed by atoms with Gasteiger partial charge in [0.05, 0.1) is 36.2 Å². The number of hydrogen-bond donors (Lipinski definition) is 3. The van der Waals surface area contributed by atoms with E-state index in [0.29, 0.717) is 19.8 Å². The third-order valence-electron chi connectivity index (χ3n) is 4.95. The van der Waals surface area contributed by atoms with Crippen molar-refractivity contribution in [3.05, 3.63) is 58.7 Å². The predicted octanol–water partition coefficient (Wildman–Crippen LogP) is 3.45. The number of carbonyl (C=O) groups is 2. The lowest BCUT2D eigenvalue weighted by atomic mass is 10.0. The van der Waals surface area contributed by atoms with E-state index in [-0.39, 0.29) is 23.1 Å². The molecule has 2 aromatic carbocycles. The molecular weight excluding hydrogens is 404 g/mol. The Kier molecular flexibility index (Phi) is 5.52. The van der Waals surface area contributed by atoms with Crippen LogP contribution < -0.4 is 5.32 Å². The first-order chi connectivity index (χ1) is 14.4. The van der Waals surface area contributed by atoms with Gasteiger partial charge in [-0.3, -0.25) is 4.79 Å². The maximum Gasteiger partial charge on any atom is 0.339 e. The van der Waals surface area contributed by atoms with Gasteiger partial charge < -0.3 is 20.3 Å². The Morgan fingerprint density at radius 1 is 1.17 bits per heavy atom. The highest BCUT2D eigenvalue weighted by Gasteiger charge is 2.26. The first kappa shape index (κ1) is 20.1. The lowest BCUT2D eigenvalue weighted by molar-refractivity contribution is -0.139. The van der Waals surface area contributed by atoms with E-state index in [1.54, 1.807) is 6.07 Å². The van der Waals surface area contributed by atoms with E-state index < -0.39 is 5.97 Å². The predicted molar refractivity (Wildman–Crippen MR) is 113 cm³/mol. The maximum absolute atomic E-state index is 12.0. The first-order valence-electron chi connectivity index (χ1n) is 9.41. The van der Waals surface area contributed by atoms with Gasteiger partial charge in [-0.25, -0.2) is 9.78 Å². The molecule has 154 valence electrons. The van der Waals surface area contributed by atoms with Crippen LogP contribution in [-0.4, -0.2) is 40.3 Å². The van der Waals surface area contributed by atoms with Crippen LogP contribution in [0.2, 0.25) is 0 Å². The molecule has 0 atom stereocenters. The second-order valence-electron chi connectivity index (χ2n) is 7.09. The Morgan fingerprint density at radius 3 is 2.57 bits per heavy atom. The summed E-state index contributed by atoms with van der Waals surface area (Å²) >= 11 is 1.52. The number of hydrogen-bond acceptors (Lipinski definition) is 6. The zero-order valence-electron chi connectivity index (χ0n) is 16.2. The molecule has 1 fully saturated rings. The average molecular weight is 424 g/mol. The monoisotopic (exact) mass is 424 g/mol. The summed E-state index contributed by atoms with van der Waals surface area (Å²) in [6, 6.07) is 12.3. The molecule has 1 aliphatic heterocycles. The number of thiazole rings is 1. The van der Waals surface area contributed by atoms with Gasteiger partial charge in [-0.1, -0.05) is 24.3 Å². The molecule has 1 saturated heterocycles. The molecule has 30 heavy (non-hydrogen) atoms. The largest absolute Gasteiger partial charge is 0.507 e. The van der Waals surface area contributed by atoms with Crippen LogP contribution in [-0.2, 0) is 16.1 Å². The van der Waals surface area contributed by atoms with Gasteiger partial charge in [0, 0.05) is 0 Å². The van der Waals surface area contributed by atoms with Crippen LogP contribution in [0.3, 0.4) is 0 Å². The minimum absolute atomic E-state index is 0.0118. The molecule has 0 unspecified atom stereocenters. The van der Waals surface area contributed by atoms with E-state index in [4.69, 9.17) is 9.84 Å². The minimum atomic E-state index is -1.17. The minimum Gasteiger partial charge on any atom is -0.507 e. The molecule has 1 amide bonds. The number of phenols is 1. The third kappa shape index (κ3) is 4.05. The molecule has 0 spiro atoms. The number of nitrogens with zero attached hydrogens (tertiary/aromatic N) is 1. The number of benzene rings is 2. The number of carbonyl (C=O) groups excluding carboxylic acids is 1. The van der Waals surface area contributed by atoms with Gasteiger partial charge in [-0.2, -0.15) is 0 Å². The Labute approximate surface area is 177 Å². The Hall–Kier alpha value is -3.23. The quantitative estimate of drug-likeness (QED) is 0.559. The number of nitrogens with one attached hydrogen (secondary N) is 1. The molecule has 2 heterocycles. The number of aromatic hydroxyl groups is 1. The number of carboxylic acid groups (broad SMARTS) is 1. The smallest absolute Gasteiger partial charge is 0.339 e. The van der Waals surface area contributed by atoms with Gasteiger partial charge in [0.15, 0.2) is 0 Å². The fourth-order valence-corrected chi connectivity index (χ4v) is 4.22. The van der Waals surface area contributed by atoms with Crippen molar-refractivity contribution < 1.29 is 24.5 Å². The van der Waals surface area contributed by atoms with E-state index in [0.717, 1.165) is 32.3 Å². The van der Waals surface area contributed by atoms with Crippen molar-refractivity contribution in [3.8, 4) is 27.3 Å². The summed E-state index contributed by atoms with van der Waals surface area (Å²) in [5.74, 6) is -1.51. The number of rotatable bonds is 6. The number of carboxylic acids is 1. The topological polar surface area (TPSA) is 109 Å². The molecule has 0 radical (unpaired) electrons. The third-order valence-corrected chi connectivity index (χ3v) is 6.16. The van der Waals surface area contributed by atoms with E-state index in [1.165, 1.54) is 23.5 Å². The van der Waals surface area contributed by atoms with E-state index in [2.05, 4.69) is 10.3 Å². The van der Waals surface area contributed by atoms with Crippen LogP contribution in [0.15, 0.2) is 42.5 Å². The Balaban J connectivity index is 1.55. The normalized spacial score (nSPS) is 13.6. The van der Waals surface area contributed by atoms with Crippen molar-refractivity contribution in [2.45, 2.75) is 13.5 Å². The second-order valence-corrected chi connectivity index (χ2v) is 8.18. The van der Waals surface area contributed by atoms with Crippen molar-refractivity contribution in [2.24, 2.45) is 5.92 Å². The number of aromatic carboxylic acids is 1. The highest BCUT2D eigenvalue weighted by molar-refractivity contribution is 7.15. The van der Waals surface area contributed by atoms with Crippen LogP contribution in [0, 0.1) is 12.8 Å². The number of aromatic nitrogens is 1. The van der Waals surface area contributed by atoms with Gasteiger partial charge in [-0.15, -0.1) is 11.3 Å². The summed E-state index contributed by atoms with van der Waals surface area (Å²) in [7, 11) is 0. The van der Waals surface area contributed by atoms with Crippen molar-refractivity contribution >= 4 is 23.2 Å². The summed E-state index contributed by atoms with van der Waals surface area (Å²) in [5.41, 5.74) is 3.28. The van der Waals surface area contributed by atoms with Crippen LogP contribution >= 0.6 is 11.3 Å². The lowest BCUT2D eigenvalue weighted by Crippen LogP contribution is -2.41. The van der Waals surface area contributed by atoms with E-state index in [1.807, 2.05) is 31.2 Å². The van der Waals surface area contributed by atoms with Crippen LogP contribution in [0.4, 0.5) is 0 Å². The highest BCUT2D eigenvalue weighted by Crippen LogP contribution is 2.34. The van der Waals surface area contributed by atoms with E-state index in [9.17, 15) is 14.7 Å². The number of ether oxygens (including phenoxy) is 1. The van der Waals surface area contributed by atoms with Gasteiger partial charge in [0.25, 0.3) is 0 Å². The van der Waals surface area contributed by atoms with Crippen molar-refractivity contribution in [2.75, 3.05) is 13.2 Å². The molecule has 1 aromatic heterocycles. The van der Waals surface area contributed by atoms with Gasteiger partial charge >= 0.3 is 5.97 Å². The van der Waals surface area contributed by atoms with Crippen LogP contribution in [0.5, 0.6) is 5.75 Å². The first-order valence-corrected chi connectivity index (χ1v) is 10.2. The summed E-state index contributed by atoms with van der Waals surface area (Å²) in [6.07, 6.45) is 0. The zero-order valence-corrected chi connectivity index (χ0v) is 17.0. The Morgan fingerprint density at radius 2 is 1.90 bits per heavy atom. The molecule has 8 heteroatoms. The second kappa shape index (κ2) is 8.25. The molecule has 3 aromatic rings. The molecule has 1 aliphatic rings. The summed E-state index contributed by atoms with van der Waals surface area (Å²) in [4.78, 5) is 28.7. The lowest BCUT2D eigenvalue weighted by Gasteiger charge is -2.24. The maximum atomic E-state index is 12.0. The van der Waals surface area contributed by atoms with Gasteiger partial charge in [-0.05, 0) is 41.8 Å². The molecule has 0 saturated carbocycles. The molecule has 3 N–H and O–H groups in total. The number of aryl methyl sites for hydroxylation is 1.